The van der Waals surface area contributed by atoms with Gasteiger partial charge in [0.05, 0.1) is 5.69 Å². The van der Waals surface area contributed by atoms with E-state index >= 15 is 0 Å². The zero-order valence-corrected chi connectivity index (χ0v) is 10.9. The second-order valence-electron chi connectivity index (χ2n) is 4.24. The van der Waals surface area contributed by atoms with E-state index in [1.807, 2.05) is 49.0 Å². The van der Waals surface area contributed by atoms with Gasteiger partial charge in [0.25, 0.3) is 0 Å². The standard InChI is InChI=1S/C15H14N4/c1-3-11-8-12(4-6-14(11)18-10-17)15-7-5-13(9-16)19(15)2/h4-8,18H,3H2,1-2H3. The maximum Gasteiger partial charge on any atom is 0.181 e. The molecule has 0 saturated carbocycles. The van der Waals surface area contributed by atoms with Gasteiger partial charge in [-0.1, -0.05) is 13.0 Å². The van der Waals surface area contributed by atoms with Crippen molar-refractivity contribution >= 4 is 5.69 Å². The molecule has 0 fully saturated rings. The molecule has 0 saturated heterocycles. The number of rotatable bonds is 3. The van der Waals surface area contributed by atoms with Gasteiger partial charge in [-0.3, -0.25) is 5.32 Å². The molecule has 0 aliphatic carbocycles. The van der Waals surface area contributed by atoms with Gasteiger partial charge in [0.15, 0.2) is 6.19 Å². The Morgan fingerprint density at radius 2 is 2.00 bits per heavy atom. The van der Waals surface area contributed by atoms with Crippen LogP contribution in [0.1, 0.15) is 18.2 Å². The topological polar surface area (TPSA) is 64.5 Å². The van der Waals surface area contributed by atoms with Gasteiger partial charge in [-0.2, -0.15) is 10.5 Å². The van der Waals surface area contributed by atoms with Gasteiger partial charge in [-0.15, -0.1) is 0 Å². The molecular formula is C15H14N4. The smallest absolute Gasteiger partial charge is 0.181 e. The van der Waals surface area contributed by atoms with Gasteiger partial charge in [0.1, 0.15) is 11.8 Å². The summed E-state index contributed by atoms with van der Waals surface area (Å²) in [6.45, 7) is 2.05. The van der Waals surface area contributed by atoms with Crippen molar-refractivity contribution in [2.45, 2.75) is 13.3 Å². The first kappa shape index (κ1) is 12.7. The maximum atomic E-state index is 8.98. The van der Waals surface area contributed by atoms with E-state index < -0.39 is 0 Å². The SMILES string of the molecule is CCc1cc(-c2ccc(C#N)n2C)ccc1NC#N. The molecule has 0 radical (unpaired) electrons. The second-order valence-corrected chi connectivity index (χ2v) is 4.24. The van der Waals surface area contributed by atoms with E-state index in [2.05, 4.69) is 17.5 Å². The van der Waals surface area contributed by atoms with Crippen LogP contribution in [-0.4, -0.2) is 4.57 Å². The highest BCUT2D eigenvalue weighted by atomic mass is 15.0. The summed E-state index contributed by atoms with van der Waals surface area (Å²) < 4.78 is 1.87. The molecule has 1 heterocycles. The zero-order valence-electron chi connectivity index (χ0n) is 10.9. The van der Waals surface area contributed by atoms with Crippen LogP contribution >= 0.6 is 0 Å². The van der Waals surface area contributed by atoms with Crippen LogP contribution in [0.25, 0.3) is 11.3 Å². The number of aromatic nitrogens is 1. The van der Waals surface area contributed by atoms with Gasteiger partial charge in [0, 0.05) is 12.7 Å². The van der Waals surface area contributed by atoms with Crippen molar-refractivity contribution in [1.29, 1.82) is 10.5 Å². The van der Waals surface area contributed by atoms with Crippen molar-refractivity contribution in [3.8, 4) is 23.5 Å². The minimum absolute atomic E-state index is 0.632. The van der Waals surface area contributed by atoms with E-state index in [-0.39, 0.29) is 0 Å². The van der Waals surface area contributed by atoms with E-state index in [1.54, 1.807) is 0 Å². The number of nitrogens with one attached hydrogen (secondary N) is 1. The molecule has 0 amide bonds. The number of hydrogen-bond donors (Lipinski definition) is 1. The third kappa shape index (κ3) is 2.29. The Morgan fingerprint density at radius 3 is 2.58 bits per heavy atom. The highest BCUT2D eigenvalue weighted by Gasteiger charge is 2.08. The Balaban J connectivity index is 2.49. The second kappa shape index (κ2) is 5.29. The van der Waals surface area contributed by atoms with Gasteiger partial charge in [0.2, 0.25) is 0 Å². The first-order valence-electron chi connectivity index (χ1n) is 6.05. The van der Waals surface area contributed by atoms with Crippen LogP contribution in [0.15, 0.2) is 30.3 Å². The molecule has 0 aliphatic rings. The number of anilines is 1. The molecule has 0 bridgehead atoms. The predicted molar refractivity (Wildman–Crippen MR) is 74.2 cm³/mol. The Bertz CT molecular complexity index is 683. The molecule has 19 heavy (non-hydrogen) atoms. The molecule has 0 unspecified atom stereocenters. The first-order chi connectivity index (χ1) is 9.21. The molecular weight excluding hydrogens is 236 g/mol. The van der Waals surface area contributed by atoms with Gasteiger partial charge in [-0.05, 0) is 41.8 Å². The summed E-state index contributed by atoms with van der Waals surface area (Å²) in [6.07, 6.45) is 2.78. The lowest BCUT2D eigenvalue weighted by Crippen LogP contribution is -1.97. The lowest BCUT2D eigenvalue weighted by atomic mass is 10.0. The number of aryl methyl sites for hydroxylation is 1. The Kier molecular flexibility index (Phi) is 3.54. The van der Waals surface area contributed by atoms with Crippen LogP contribution < -0.4 is 5.32 Å². The average molecular weight is 250 g/mol. The van der Waals surface area contributed by atoms with Crippen LogP contribution in [0.4, 0.5) is 5.69 Å². The van der Waals surface area contributed by atoms with Crippen molar-refractivity contribution in [2.75, 3.05) is 5.32 Å². The van der Waals surface area contributed by atoms with Crippen molar-refractivity contribution in [3.63, 3.8) is 0 Å². The molecule has 1 aromatic carbocycles. The molecule has 0 atom stereocenters. The monoisotopic (exact) mass is 250 g/mol. The van der Waals surface area contributed by atoms with E-state index in [4.69, 9.17) is 10.5 Å². The summed E-state index contributed by atoms with van der Waals surface area (Å²) in [5.74, 6) is 0. The zero-order chi connectivity index (χ0) is 13.8. The van der Waals surface area contributed by atoms with Crippen LogP contribution in [0, 0.1) is 22.8 Å². The first-order valence-corrected chi connectivity index (χ1v) is 6.05. The number of nitrogens with zero attached hydrogens (tertiary/aromatic N) is 3. The number of benzene rings is 1. The lowest BCUT2D eigenvalue weighted by molar-refractivity contribution is 0.916. The summed E-state index contributed by atoms with van der Waals surface area (Å²) in [5.41, 5.74) is 4.59. The summed E-state index contributed by atoms with van der Waals surface area (Å²) in [5, 5.41) is 20.4. The number of hydrogen-bond acceptors (Lipinski definition) is 3. The van der Waals surface area contributed by atoms with Crippen molar-refractivity contribution < 1.29 is 0 Å². The Hall–Kier alpha value is -2.72. The quantitative estimate of drug-likeness (QED) is 0.672. The summed E-state index contributed by atoms with van der Waals surface area (Å²) >= 11 is 0. The molecule has 2 aromatic rings. The molecule has 2 rings (SSSR count). The van der Waals surface area contributed by atoms with E-state index in [0.29, 0.717) is 5.69 Å². The van der Waals surface area contributed by atoms with Crippen molar-refractivity contribution in [2.24, 2.45) is 7.05 Å². The van der Waals surface area contributed by atoms with Gasteiger partial charge in [-0.25, -0.2) is 0 Å². The van der Waals surface area contributed by atoms with Crippen LogP contribution in [0.2, 0.25) is 0 Å². The third-order valence-corrected chi connectivity index (χ3v) is 3.21. The molecule has 4 heteroatoms. The minimum Gasteiger partial charge on any atom is -0.335 e. The largest absolute Gasteiger partial charge is 0.335 e. The fourth-order valence-corrected chi connectivity index (χ4v) is 2.14. The minimum atomic E-state index is 0.632. The summed E-state index contributed by atoms with van der Waals surface area (Å²) in [4.78, 5) is 0. The third-order valence-electron chi connectivity index (χ3n) is 3.21. The molecule has 1 N–H and O–H groups in total. The predicted octanol–water partition coefficient (Wildman–Crippen LogP) is 3.02. The molecule has 1 aromatic heterocycles. The maximum absolute atomic E-state index is 8.98. The summed E-state index contributed by atoms with van der Waals surface area (Å²) in [6, 6.07) is 11.8. The van der Waals surface area contributed by atoms with Crippen LogP contribution in [-0.2, 0) is 13.5 Å². The highest BCUT2D eigenvalue weighted by Crippen LogP contribution is 2.26. The summed E-state index contributed by atoms with van der Waals surface area (Å²) in [7, 11) is 1.88. The van der Waals surface area contributed by atoms with E-state index in [9.17, 15) is 0 Å². The fourth-order valence-electron chi connectivity index (χ4n) is 2.14. The van der Waals surface area contributed by atoms with Crippen molar-refractivity contribution in [1.82, 2.24) is 4.57 Å². The van der Waals surface area contributed by atoms with Crippen LogP contribution in [0.5, 0.6) is 0 Å². The average Bonchev–Trinajstić information content (AvgIpc) is 2.80. The molecule has 0 spiro atoms. The van der Waals surface area contributed by atoms with E-state index in [0.717, 1.165) is 28.9 Å². The molecule has 0 aliphatic heterocycles. The number of nitriles is 2. The lowest BCUT2D eigenvalue weighted by Gasteiger charge is -2.10. The highest BCUT2D eigenvalue weighted by molar-refractivity contribution is 5.68. The normalized spacial score (nSPS) is 9.68. The van der Waals surface area contributed by atoms with Gasteiger partial charge < -0.3 is 4.57 Å². The van der Waals surface area contributed by atoms with E-state index in [1.165, 1.54) is 0 Å². The van der Waals surface area contributed by atoms with Crippen LogP contribution in [0.3, 0.4) is 0 Å². The van der Waals surface area contributed by atoms with Gasteiger partial charge >= 0.3 is 0 Å². The fraction of sp³-hybridized carbons (Fsp3) is 0.200. The Labute approximate surface area is 112 Å². The van der Waals surface area contributed by atoms with Crippen molar-refractivity contribution in [3.05, 3.63) is 41.6 Å². The Morgan fingerprint density at radius 1 is 1.21 bits per heavy atom. The molecule has 4 nitrogen and oxygen atoms in total. The molecule has 94 valence electrons.